The van der Waals surface area contributed by atoms with Crippen LogP contribution in [0.5, 0.6) is 0 Å². The Balaban J connectivity index is 0. The van der Waals surface area contributed by atoms with Crippen molar-refractivity contribution in [2.45, 2.75) is 0 Å². The SMILES string of the molecule is Cl.Cl.NCCNc1ncc(F)cn1. The molecular formula is C6H11Cl2FN4. The third kappa shape index (κ3) is 5.57. The summed E-state index contributed by atoms with van der Waals surface area (Å²) in [4.78, 5) is 7.33. The molecule has 0 aromatic carbocycles. The molecule has 0 fully saturated rings. The van der Waals surface area contributed by atoms with Gasteiger partial charge in [0.1, 0.15) is 0 Å². The van der Waals surface area contributed by atoms with Gasteiger partial charge in [0.05, 0.1) is 12.4 Å². The van der Waals surface area contributed by atoms with Crippen LogP contribution in [0.15, 0.2) is 12.4 Å². The molecule has 0 spiro atoms. The first-order chi connectivity index (χ1) is 5.33. The zero-order chi connectivity index (χ0) is 8.10. The summed E-state index contributed by atoms with van der Waals surface area (Å²) in [6, 6.07) is 0. The fourth-order valence-corrected chi connectivity index (χ4v) is 0.588. The van der Waals surface area contributed by atoms with Gasteiger partial charge in [-0.15, -0.1) is 24.8 Å². The first kappa shape index (κ1) is 14.9. The zero-order valence-electron chi connectivity index (χ0n) is 6.74. The maximum Gasteiger partial charge on any atom is 0.222 e. The Labute approximate surface area is 88.0 Å². The maximum absolute atomic E-state index is 12.2. The quantitative estimate of drug-likeness (QED) is 0.805. The topological polar surface area (TPSA) is 63.8 Å². The van der Waals surface area contributed by atoms with Gasteiger partial charge in [-0.1, -0.05) is 0 Å². The van der Waals surface area contributed by atoms with Crippen LogP contribution in [-0.4, -0.2) is 23.1 Å². The van der Waals surface area contributed by atoms with Gasteiger partial charge in [-0.2, -0.15) is 0 Å². The predicted octanol–water partition coefficient (Wildman–Crippen LogP) is 0.830. The van der Waals surface area contributed by atoms with Crippen molar-refractivity contribution in [2.24, 2.45) is 5.73 Å². The van der Waals surface area contributed by atoms with Crippen LogP contribution in [0.2, 0.25) is 0 Å². The van der Waals surface area contributed by atoms with Crippen molar-refractivity contribution in [3.8, 4) is 0 Å². The van der Waals surface area contributed by atoms with E-state index in [0.717, 1.165) is 12.4 Å². The summed E-state index contributed by atoms with van der Waals surface area (Å²) in [5.74, 6) is -0.0415. The Kier molecular flexibility index (Phi) is 9.11. The van der Waals surface area contributed by atoms with Crippen LogP contribution in [0.4, 0.5) is 10.3 Å². The lowest BCUT2D eigenvalue weighted by Crippen LogP contribution is -2.14. The fraction of sp³-hybridized carbons (Fsp3) is 0.333. The molecule has 0 aliphatic rings. The van der Waals surface area contributed by atoms with E-state index in [4.69, 9.17) is 5.73 Å². The van der Waals surface area contributed by atoms with Gasteiger partial charge in [-0.05, 0) is 0 Å². The van der Waals surface area contributed by atoms with Crippen molar-refractivity contribution in [3.05, 3.63) is 18.2 Å². The van der Waals surface area contributed by atoms with Crippen molar-refractivity contribution in [2.75, 3.05) is 18.4 Å². The largest absolute Gasteiger partial charge is 0.353 e. The van der Waals surface area contributed by atoms with Crippen LogP contribution < -0.4 is 11.1 Å². The summed E-state index contributed by atoms with van der Waals surface area (Å²) in [6.07, 6.45) is 2.21. The van der Waals surface area contributed by atoms with E-state index in [1.807, 2.05) is 0 Å². The lowest BCUT2D eigenvalue weighted by atomic mass is 10.6. The van der Waals surface area contributed by atoms with E-state index in [1.54, 1.807) is 0 Å². The average Bonchev–Trinajstić information content (AvgIpc) is 2.04. The number of nitrogens with zero attached hydrogens (tertiary/aromatic N) is 2. The van der Waals surface area contributed by atoms with E-state index in [0.29, 0.717) is 19.0 Å². The molecular weight excluding hydrogens is 218 g/mol. The highest BCUT2D eigenvalue weighted by atomic mass is 35.5. The Morgan fingerprint density at radius 2 is 1.85 bits per heavy atom. The lowest BCUT2D eigenvalue weighted by Gasteiger charge is -1.99. The Morgan fingerprint density at radius 1 is 1.31 bits per heavy atom. The molecule has 1 aromatic rings. The van der Waals surface area contributed by atoms with Gasteiger partial charge in [0.15, 0.2) is 5.82 Å². The molecule has 0 unspecified atom stereocenters. The molecule has 0 amide bonds. The van der Waals surface area contributed by atoms with E-state index in [-0.39, 0.29) is 24.8 Å². The first-order valence-electron chi connectivity index (χ1n) is 3.24. The number of rotatable bonds is 3. The van der Waals surface area contributed by atoms with Crippen LogP contribution in [0.25, 0.3) is 0 Å². The predicted molar refractivity (Wildman–Crippen MR) is 54.0 cm³/mol. The van der Waals surface area contributed by atoms with Crippen molar-refractivity contribution in [1.29, 1.82) is 0 Å². The molecule has 1 rings (SSSR count). The fourth-order valence-electron chi connectivity index (χ4n) is 0.588. The summed E-state index contributed by atoms with van der Waals surface area (Å²) in [6.45, 7) is 1.09. The smallest absolute Gasteiger partial charge is 0.222 e. The summed E-state index contributed by atoms with van der Waals surface area (Å²) in [5.41, 5.74) is 5.21. The van der Waals surface area contributed by atoms with Crippen molar-refractivity contribution < 1.29 is 4.39 Å². The maximum atomic E-state index is 12.2. The van der Waals surface area contributed by atoms with Gasteiger partial charge >= 0.3 is 0 Å². The zero-order valence-corrected chi connectivity index (χ0v) is 8.37. The highest BCUT2D eigenvalue weighted by Gasteiger charge is 1.93. The van der Waals surface area contributed by atoms with E-state index in [9.17, 15) is 4.39 Å². The van der Waals surface area contributed by atoms with Gasteiger partial charge in [0.2, 0.25) is 5.95 Å². The third-order valence-corrected chi connectivity index (χ3v) is 1.05. The van der Waals surface area contributed by atoms with Gasteiger partial charge in [-0.3, -0.25) is 0 Å². The molecule has 0 saturated heterocycles. The molecule has 1 heterocycles. The van der Waals surface area contributed by atoms with E-state index >= 15 is 0 Å². The summed E-state index contributed by atoms with van der Waals surface area (Å²) >= 11 is 0. The summed E-state index contributed by atoms with van der Waals surface area (Å²) in [5, 5.41) is 2.81. The Morgan fingerprint density at radius 3 is 2.31 bits per heavy atom. The normalized spacial score (nSPS) is 8.15. The minimum atomic E-state index is -0.441. The average molecular weight is 229 g/mol. The Bertz CT molecular complexity index is 218. The van der Waals surface area contributed by atoms with Crippen LogP contribution >= 0.6 is 24.8 Å². The molecule has 13 heavy (non-hydrogen) atoms. The minimum absolute atomic E-state index is 0. The minimum Gasteiger partial charge on any atom is -0.353 e. The molecule has 0 radical (unpaired) electrons. The number of nitrogens with two attached hydrogens (primary N) is 1. The molecule has 3 N–H and O–H groups in total. The first-order valence-corrected chi connectivity index (χ1v) is 3.24. The molecule has 0 bridgehead atoms. The molecule has 76 valence electrons. The van der Waals surface area contributed by atoms with Gasteiger partial charge in [0.25, 0.3) is 0 Å². The van der Waals surface area contributed by atoms with Crippen LogP contribution in [0, 0.1) is 5.82 Å². The lowest BCUT2D eigenvalue weighted by molar-refractivity contribution is 0.614. The van der Waals surface area contributed by atoms with E-state index in [1.165, 1.54) is 0 Å². The summed E-state index contributed by atoms with van der Waals surface area (Å²) in [7, 11) is 0. The molecule has 4 nitrogen and oxygen atoms in total. The molecule has 0 saturated carbocycles. The van der Waals surface area contributed by atoms with Crippen molar-refractivity contribution in [3.63, 3.8) is 0 Å². The number of hydrogen-bond donors (Lipinski definition) is 2. The highest BCUT2D eigenvalue weighted by Crippen LogP contribution is 1.96. The van der Waals surface area contributed by atoms with E-state index < -0.39 is 5.82 Å². The van der Waals surface area contributed by atoms with Gasteiger partial charge in [0, 0.05) is 13.1 Å². The monoisotopic (exact) mass is 228 g/mol. The molecule has 1 aromatic heterocycles. The second-order valence-corrected chi connectivity index (χ2v) is 1.94. The number of anilines is 1. The molecule has 7 heteroatoms. The number of hydrogen-bond acceptors (Lipinski definition) is 4. The standard InChI is InChI=1S/C6H9FN4.2ClH/c7-5-3-10-6(11-4-5)9-2-1-8;;/h3-4H,1-2,8H2,(H,9,10,11);2*1H. The second kappa shape index (κ2) is 7.97. The third-order valence-electron chi connectivity index (χ3n) is 1.05. The second-order valence-electron chi connectivity index (χ2n) is 1.94. The number of halogens is 3. The van der Waals surface area contributed by atoms with Crippen LogP contribution in [0.1, 0.15) is 0 Å². The van der Waals surface area contributed by atoms with Crippen LogP contribution in [0.3, 0.4) is 0 Å². The van der Waals surface area contributed by atoms with Gasteiger partial charge < -0.3 is 11.1 Å². The number of nitrogens with one attached hydrogen (secondary N) is 1. The van der Waals surface area contributed by atoms with Crippen molar-refractivity contribution in [1.82, 2.24) is 9.97 Å². The van der Waals surface area contributed by atoms with Crippen LogP contribution in [-0.2, 0) is 0 Å². The van der Waals surface area contributed by atoms with Gasteiger partial charge in [-0.25, -0.2) is 14.4 Å². The molecule has 0 aliphatic heterocycles. The summed E-state index contributed by atoms with van der Waals surface area (Å²) < 4.78 is 12.2. The highest BCUT2D eigenvalue weighted by molar-refractivity contribution is 5.85. The molecule has 0 atom stereocenters. The molecule has 0 aliphatic carbocycles. The van der Waals surface area contributed by atoms with E-state index in [2.05, 4.69) is 15.3 Å². The Hall–Kier alpha value is -0.650. The number of aromatic nitrogens is 2. The van der Waals surface area contributed by atoms with Crippen molar-refractivity contribution >= 4 is 30.8 Å².